The van der Waals surface area contributed by atoms with Crippen molar-refractivity contribution < 1.29 is 40.7 Å². The van der Waals surface area contributed by atoms with Crippen molar-refractivity contribution in [2.45, 2.75) is 38.2 Å². The first-order valence-corrected chi connectivity index (χ1v) is 10.0. The minimum Gasteiger partial charge on any atom is -0.465 e. The number of aromatic nitrogens is 1. The molecule has 1 amide bonds. The maximum absolute atomic E-state index is 13.7. The summed E-state index contributed by atoms with van der Waals surface area (Å²) in [5, 5.41) is 2.13. The highest BCUT2D eigenvalue weighted by molar-refractivity contribution is 6.01. The predicted octanol–water partition coefficient (Wildman–Crippen LogP) is 6.13. The summed E-state index contributed by atoms with van der Waals surface area (Å²) in [5.41, 5.74) is -1.05. The van der Waals surface area contributed by atoms with Gasteiger partial charge in [-0.05, 0) is 47.4 Å². The summed E-state index contributed by atoms with van der Waals surface area (Å²) in [6.45, 7) is 3.65. The molecule has 0 bridgehead atoms. The SMILES string of the molecule is COC(=O)c1cc2cc(C(=O)NC(c3cccc(C(F)(F)F)c3)C(F)(F)F)[nH]c2cc1C(C)C. The van der Waals surface area contributed by atoms with Crippen LogP contribution in [0.4, 0.5) is 26.3 Å². The molecule has 0 fully saturated rings. The Labute approximate surface area is 190 Å². The molecule has 0 radical (unpaired) electrons. The molecule has 1 aromatic heterocycles. The van der Waals surface area contributed by atoms with Crippen LogP contribution in [0.1, 0.15) is 63.3 Å². The Kier molecular flexibility index (Phi) is 6.68. The van der Waals surface area contributed by atoms with Crippen molar-refractivity contribution in [3.63, 3.8) is 0 Å². The lowest BCUT2D eigenvalue weighted by molar-refractivity contribution is -0.156. The second kappa shape index (κ2) is 9.03. The Morgan fingerprint density at radius 1 is 1.00 bits per heavy atom. The fourth-order valence-electron chi connectivity index (χ4n) is 3.54. The van der Waals surface area contributed by atoms with Gasteiger partial charge >= 0.3 is 18.3 Å². The molecule has 0 aliphatic heterocycles. The topological polar surface area (TPSA) is 71.2 Å². The van der Waals surface area contributed by atoms with Crippen molar-refractivity contribution in [2.75, 3.05) is 7.11 Å². The predicted molar refractivity (Wildman–Crippen MR) is 111 cm³/mol. The smallest absolute Gasteiger partial charge is 0.416 e. The normalized spacial score (nSPS) is 13.2. The molecule has 11 heteroatoms. The first kappa shape index (κ1) is 25.1. The lowest BCUT2D eigenvalue weighted by Crippen LogP contribution is -2.38. The fourth-order valence-corrected chi connectivity index (χ4v) is 3.54. The molecule has 3 aromatic rings. The van der Waals surface area contributed by atoms with E-state index in [1.54, 1.807) is 11.4 Å². The number of alkyl halides is 6. The Morgan fingerprint density at radius 2 is 1.68 bits per heavy atom. The van der Waals surface area contributed by atoms with Crippen LogP contribution in [0.5, 0.6) is 0 Å². The lowest BCUT2D eigenvalue weighted by atomic mass is 9.95. The number of esters is 1. The van der Waals surface area contributed by atoms with Crippen LogP contribution in [0.25, 0.3) is 10.9 Å². The van der Waals surface area contributed by atoms with E-state index < -0.39 is 41.4 Å². The zero-order valence-electron chi connectivity index (χ0n) is 18.2. The number of nitrogens with one attached hydrogen (secondary N) is 2. The highest BCUT2D eigenvalue weighted by atomic mass is 19.4. The maximum Gasteiger partial charge on any atom is 0.416 e. The minimum atomic E-state index is -5.06. The first-order valence-electron chi connectivity index (χ1n) is 10.0. The first-order chi connectivity index (χ1) is 15.7. The van der Waals surface area contributed by atoms with Crippen molar-refractivity contribution in [1.82, 2.24) is 10.3 Å². The van der Waals surface area contributed by atoms with E-state index in [9.17, 15) is 35.9 Å². The maximum atomic E-state index is 13.7. The summed E-state index contributed by atoms with van der Waals surface area (Å²) < 4.78 is 84.7. The third-order valence-corrected chi connectivity index (χ3v) is 5.21. The number of halogens is 6. The number of rotatable bonds is 5. The van der Waals surface area contributed by atoms with Crippen LogP contribution in [0.15, 0.2) is 42.5 Å². The van der Waals surface area contributed by atoms with E-state index in [-0.39, 0.29) is 17.2 Å². The van der Waals surface area contributed by atoms with Gasteiger partial charge in [-0.15, -0.1) is 0 Å². The van der Waals surface area contributed by atoms with Crippen LogP contribution >= 0.6 is 0 Å². The van der Waals surface area contributed by atoms with E-state index in [1.807, 2.05) is 13.8 Å². The number of hydrogen-bond acceptors (Lipinski definition) is 3. The number of carbonyl (C=O) groups is 2. The second-order valence-corrected chi connectivity index (χ2v) is 7.93. The number of ether oxygens (including phenoxy) is 1. The van der Waals surface area contributed by atoms with Crippen LogP contribution in [-0.4, -0.2) is 30.1 Å². The number of benzene rings is 2. The van der Waals surface area contributed by atoms with Gasteiger partial charge in [0.1, 0.15) is 5.69 Å². The van der Waals surface area contributed by atoms with E-state index in [0.717, 1.165) is 12.1 Å². The molecule has 3 rings (SSSR count). The summed E-state index contributed by atoms with van der Waals surface area (Å²) in [6, 6.07) is 4.31. The Bertz CT molecular complexity index is 1230. The molecule has 1 unspecified atom stereocenters. The van der Waals surface area contributed by atoms with Crippen molar-refractivity contribution in [3.05, 3.63) is 70.4 Å². The molecule has 0 spiro atoms. The summed E-state index contributed by atoms with van der Waals surface area (Å²) >= 11 is 0. The quantitative estimate of drug-likeness (QED) is 0.337. The minimum absolute atomic E-state index is 0.102. The number of H-pyrrole nitrogens is 1. The van der Waals surface area contributed by atoms with Gasteiger partial charge in [-0.3, -0.25) is 4.79 Å². The zero-order valence-corrected chi connectivity index (χ0v) is 18.2. The van der Waals surface area contributed by atoms with Gasteiger partial charge in [-0.25, -0.2) is 4.79 Å². The monoisotopic (exact) mass is 486 g/mol. The number of aromatic amines is 1. The molecular formula is C23H20F6N2O3. The van der Waals surface area contributed by atoms with Gasteiger partial charge in [0.15, 0.2) is 6.04 Å². The summed E-state index contributed by atoms with van der Waals surface area (Å²) in [4.78, 5) is 27.5. The molecule has 34 heavy (non-hydrogen) atoms. The molecule has 1 heterocycles. The largest absolute Gasteiger partial charge is 0.465 e. The highest BCUT2D eigenvalue weighted by Gasteiger charge is 2.43. The van der Waals surface area contributed by atoms with Crippen molar-refractivity contribution in [3.8, 4) is 0 Å². The van der Waals surface area contributed by atoms with E-state index >= 15 is 0 Å². The van der Waals surface area contributed by atoms with Crippen LogP contribution < -0.4 is 5.32 Å². The summed E-state index contributed by atoms with van der Waals surface area (Å²) in [5.74, 6) is -1.89. The van der Waals surface area contributed by atoms with Gasteiger partial charge in [0.25, 0.3) is 5.91 Å². The Balaban J connectivity index is 1.99. The number of amides is 1. The van der Waals surface area contributed by atoms with Crippen LogP contribution in [-0.2, 0) is 10.9 Å². The van der Waals surface area contributed by atoms with Gasteiger partial charge in [-0.1, -0.05) is 26.0 Å². The number of fused-ring (bicyclic) bond motifs is 1. The zero-order chi connectivity index (χ0) is 25.4. The summed E-state index contributed by atoms with van der Waals surface area (Å²) in [6.07, 6.45) is -9.91. The van der Waals surface area contributed by atoms with Gasteiger partial charge in [0, 0.05) is 10.9 Å². The molecular weight excluding hydrogens is 466 g/mol. The average Bonchev–Trinajstić information content (AvgIpc) is 3.17. The van der Waals surface area contributed by atoms with Crippen molar-refractivity contribution >= 4 is 22.8 Å². The average molecular weight is 486 g/mol. The molecule has 0 aliphatic rings. The Morgan fingerprint density at radius 3 is 2.24 bits per heavy atom. The Hall–Kier alpha value is -3.50. The molecule has 1 atom stereocenters. The number of methoxy groups -OCH3 is 1. The second-order valence-electron chi connectivity index (χ2n) is 7.93. The van der Waals surface area contributed by atoms with E-state index in [0.29, 0.717) is 28.6 Å². The standard InChI is InChI=1S/C23H20F6N2O3/c1-11(2)15-10-17-13(8-16(15)21(33)34-3)9-18(30-17)20(32)31-19(23(27,28)29)12-5-4-6-14(7-12)22(24,25)26/h4-11,19,30H,1-3H3,(H,31,32). The highest BCUT2D eigenvalue weighted by Crippen LogP contribution is 2.36. The van der Waals surface area contributed by atoms with Crippen LogP contribution in [0.3, 0.4) is 0 Å². The molecule has 2 aromatic carbocycles. The van der Waals surface area contributed by atoms with Gasteiger partial charge in [-0.2, -0.15) is 26.3 Å². The van der Waals surface area contributed by atoms with Crippen LogP contribution in [0, 0.1) is 0 Å². The molecule has 0 saturated heterocycles. The van der Waals surface area contributed by atoms with E-state index in [4.69, 9.17) is 4.74 Å². The molecule has 5 nitrogen and oxygen atoms in total. The van der Waals surface area contributed by atoms with Crippen molar-refractivity contribution in [2.24, 2.45) is 0 Å². The van der Waals surface area contributed by atoms with E-state index in [1.165, 1.54) is 19.2 Å². The molecule has 2 N–H and O–H groups in total. The van der Waals surface area contributed by atoms with Crippen molar-refractivity contribution in [1.29, 1.82) is 0 Å². The van der Waals surface area contributed by atoms with Gasteiger partial charge < -0.3 is 15.0 Å². The fraction of sp³-hybridized carbons (Fsp3) is 0.304. The molecule has 0 aliphatic carbocycles. The van der Waals surface area contributed by atoms with E-state index in [2.05, 4.69) is 4.98 Å². The third kappa shape index (κ3) is 5.18. The molecule has 0 saturated carbocycles. The summed E-state index contributed by atoms with van der Waals surface area (Å²) in [7, 11) is 1.21. The third-order valence-electron chi connectivity index (χ3n) is 5.21. The molecule has 182 valence electrons. The van der Waals surface area contributed by atoms with Crippen LogP contribution in [0.2, 0.25) is 0 Å². The number of carbonyl (C=O) groups excluding carboxylic acids is 2. The van der Waals surface area contributed by atoms with Gasteiger partial charge in [0.05, 0.1) is 18.2 Å². The lowest BCUT2D eigenvalue weighted by Gasteiger charge is -2.22. The number of hydrogen-bond donors (Lipinski definition) is 2. The van der Waals surface area contributed by atoms with Gasteiger partial charge in [0.2, 0.25) is 0 Å².